The summed E-state index contributed by atoms with van der Waals surface area (Å²) in [6.45, 7) is 7.90. The van der Waals surface area contributed by atoms with Crippen LogP contribution in [0.15, 0.2) is 23.2 Å². The van der Waals surface area contributed by atoms with Crippen LogP contribution in [0.25, 0.3) is 0 Å². The molecule has 0 bridgehead atoms. The maximum Gasteiger partial charge on any atom is 0.308 e. The van der Waals surface area contributed by atoms with Crippen molar-refractivity contribution in [2.45, 2.75) is 32.1 Å². The van der Waals surface area contributed by atoms with E-state index in [9.17, 15) is 4.79 Å². The van der Waals surface area contributed by atoms with Crippen molar-refractivity contribution in [1.82, 2.24) is 10.2 Å². The van der Waals surface area contributed by atoms with Gasteiger partial charge >= 0.3 is 5.97 Å². The first-order valence-corrected chi connectivity index (χ1v) is 9.88. The number of guanidine groups is 1. The molecule has 8 heteroatoms. The van der Waals surface area contributed by atoms with Crippen LogP contribution >= 0.6 is 24.0 Å². The number of carbonyl (C=O) groups is 1. The van der Waals surface area contributed by atoms with E-state index >= 15 is 0 Å². The Bertz CT molecular complexity index is 731. The number of rotatable bonds is 4. The molecule has 2 aliphatic heterocycles. The lowest BCUT2D eigenvalue weighted by atomic mass is 9.84. The van der Waals surface area contributed by atoms with Gasteiger partial charge in [-0.05, 0) is 30.5 Å². The molecule has 1 aromatic carbocycles. The molecular weight excluding hydrogens is 485 g/mol. The number of halogens is 1. The topological polar surface area (TPSA) is 72.4 Å². The van der Waals surface area contributed by atoms with E-state index in [4.69, 9.17) is 14.2 Å². The Hall–Kier alpha value is -1.71. The molecule has 7 nitrogen and oxygen atoms in total. The van der Waals surface area contributed by atoms with Crippen LogP contribution in [-0.2, 0) is 14.9 Å². The minimum atomic E-state index is -0.115. The molecule has 1 N–H and O–H groups in total. The second-order valence-corrected chi connectivity index (χ2v) is 7.93. The van der Waals surface area contributed by atoms with E-state index in [2.05, 4.69) is 41.2 Å². The van der Waals surface area contributed by atoms with Crippen LogP contribution in [0, 0.1) is 5.92 Å². The van der Waals surface area contributed by atoms with Crippen molar-refractivity contribution in [3.63, 3.8) is 0 Å². The number of benzene rings is 1. The molecule has 3 rings (SSSR count). The van der Waals surface area contributed by atoms with Crippen molar-refractivity contribution < 1.29 is 19.0 Å². The van der Waals surface area contributed by atoms with Gasteiger partial charge in [0.1, 0.15) is 13.2 Å². The third-order valence-electron chi connectivity index (χ3n) is 5.55. The summed E-state index contributed by atoms with van der Waals surface area (Å²) in [5.74, 6) is 2.37. The summed E-state index contributed by atoms with van der Waals surface area (Å²) in [5, 5.41) is 3.50. The van der Waals surface area contributed by atoms with Crippen molar-refractivity contribution in [3.8, 4) is 11.5 Å². The van der Waals surface area contributed by atoms with Crippen molar-refractivity contribution in [2.24, 2.45) is 10.9 Å². The number of ether oxygens (including phenoxy) is 3. The molecule has 1 fully saturated rings. The van der Waals surface area contributed by atoms with Gasteiger partial charge in [-0.15, -0.1) is 24.0 Å². The van der Waals surface area contributed by atoms with E-state index in [1.54, 1.807) is 7.05 Å². The Morgan fingerprint density at radius 1 is 1.24 bits per heavy atom. The fraction of sp³-hybridized carbons (Fsp3) is 0.619. The number of hydrogen-bond donors (Lipinski definition) is 1. The van der Waals surface area contributed by atoms with Crippen LogP contribution in [0.5, 0.6) is 11.5 Å². The molecule has 0 atom stereocenters. The molecule has 0 aliphatic carbocycles. The minimum Gasteiger partial charge on any atom is -0.486 e. The number of piperidine rings is 1. The van der Waals surface area contributed by atoms with Gasteiger partial charge < -0.3 is 24.4 Å². The van der Waals surface area contributed by atoms with Gasteiger partial charge in [0.25, 0.3) is 0 Å². The number of fused-ring (bicyclic) bond motifs is 1. The lowest BCUT2D eigenvalue weighted by molar-refractivity contribution is -0.146. The van der Waals surface area contributed by atoms with Gasteiger partial charge in [-0.25, -0.2) is 0 Å². The minimum absolute atomic E-state index is 0. The number of esters is 1. The number of aliphatic imine (C=N–C) groups is 1. The van der Waals surface area contributed by atoms with E-state index in [0.717, 1.165) is 49.9 Å². The summed E-state index contributed by atoms with van der Waals surface area (Å²) in [7, 11) is 3.25. The fourth-order valence-electron chi connectivity index (χ4n) is 3.69. The summed E-state index contributed by atoms with van der Waals surface area (Å²) in [6, 6.07) is 6.15. The van der Waals surface area contributed by atoms with Gasteiger partial charge in [-0.3, -0.25) is 9.79 Å². The third-order valence-corrected chi connectivity index (χ3v) is 5.55. The number of carbonyl (C=O) groups excluding carboxylic acids is 1. The summed E-state index contributed by atoms with van der Waals surface area (Å²) < 4.78 is 16.2. The zero-order valence-electron chi connectivity index (χ0n) is 17.7. The highest BCUT2D eigenvalue weighted by Crippen LogP contribution is 2.35. The first-order valence-electron chi connectivity index (χ1n) is 9.88. The van der Waals surface area contributed by atoms with Crippen molar-refractivity contribution >= 4 is 35.9 Å². The SMILES string of the molecule is CN=C(NCC(C)(C)c1ccc2c(c1)OCCO2)N1CCC(C(=O)OC)CC1.I. The van der Waals surface area contributed by atoms with E-state index in [-0.39, 0.29) is 41.3 Å². The molecule has 2 heterocycles. The molecule has 1 saturated heterocycles. The lowest BCUT2D eigenvalue weighted by Gasteiger charge is -2.35. The zero-order valence-corrected chi connectivity index (χ0v) is 20.0. The normalized spacial score (nSPS) is 17.4. The van der Waals surface area contributed by atoms with Crippen LogP contribution in [0.2, 0.25) is 0 Å². The van der Waals surface area contributed by atoms with E-state index < -0.39 is 0 Å². The average Bonchev–Trinajstić information content (AvgIpc) is 2.73. The van der Waals surface area contributed by atoms with Gasteiger partial charge in [-0.2, -0.15) is 0 Å². The van der Waals surface area contributed by atoms with Gasteiger partial charge in [0, 0.05) is 32.1 Å². The Morgan fingerprint density at radius 3 is 2.52 bits per heavy atom. The molecule has 0 aromatic heterocycles. The fourth-order valence-corrected chi connectivity index (χ4v) is 3.69. The third kappa shape index (κ3) is 5.67. The number of nitrogens with zero attached hydrogens (tertiary/aromatic N) is 2. The first kappa shape index (κ1) is 23.6. The zero-order chi connectivity index (χ0) is 20.1. The summed E-state index contributed by atoms with van der Waals surface area (Å²) in [4.78, 5) is 18.4. The molecule has 162 valence electrons. The van der Waals surface area contributed by atoms with Gasteiger partial charge in [0.2, 0.25) is 0 Å². The highest BCUT2D eigenvalue weighted by Gasteiger charge is 2.28. The van der Waals surface area contributed by atoms with Crippen LogP contribution in [-0.4, -0.2) is 63.8 Å². The molecule has 2 aliphatic rings. The second-order valence-electron chi connectivity index (χ2n) is 7.93. The maximum absolute atomic E-state index is 11.7. The quantitative estimate of drug-likeness (QED) is 0.287. The predicted molar refractivity (Wildman–Crippen MR) is 124 cm³/mol. The van der Waals surface area contributed by atoms with Gasteiger partial charge in [-0.1, -0.05) is 19.9 Å². The molecule has 29 heavy (non-hydrogen) atoms. The largest absolute Gasteiger partial charge is 0.486 e. The molecule has 0 saturated carbocycles. The maximum atomic E-state index is 11.7. The molecular formula is C21H32IN3O4. The van der Waals surface area contributed by atoms with E-state index in [0.29, 0.717) is 13.2 Å². The smallest absolute Gasteiger partial charge is 0.308 e. The standard InChI is InChI=1S/C21H31N3O4.HI/c1-21(2,16-5-6-17-18(13-16)28-12-11-27-17)14-23-20(22-3)24-9-7-15(8-10-24)19(25)26-4;/h5-6,13,15H,7-12,14H2,1-4H3,(H,22,23);1H. The molecule has 0 radical (unpaired) electrons. The second kappa shape index (κ2) is 10.4. The number of nitrogens with one attached hydrogen (secondary N) is 1. The molecule has 0 unspecified atom stereocenters. The van der Waals surface area contributed by atoms with Crippen molar-refractivity contribution in [3.05, 3.63) is 23.8 Å². The first-order chi connectivity index (χ1) is 13.4. The van der Waals surface area contributed by atoms with Crippen LogP contribution < -0.4 is 14.8 Å². The molecule has 0 spiro atoms. The van der Waals surface area contributed by atoms with Crippen molar-refractivity contribution in [1.29, 1.82) is 0 Å². The number of likely N-dealkylation sites (tertiary alicyclic amines) is 1. The van der Waals surface area contributed by atoms with Crippen LogP contribution in [0.4, 0.5) is 0 Å². The Balaban J connectivity index is 0.00000300. The monoisotopic (exact) mass is 517 g/mol. The summed E-state index contributed by atoms with van der Waals surface area (Å²) in [5.41, 5.74) is 1.07. The van der Waals surface area contributed by atoms with Crippen LogP contribution in [0.1, 0.15) is 32.3 Å². The van der Waals surface area contributed by atoms with Gasteiger partial charge in [0.05, 0.1) is 13.0 Å². The Morgan fingerprint density at radius 2 is 1.90 bits per heavy atom. The predicted octanol–water partition coefficient (Wildman–Crippen LogP) is 2.81. The highest BCUT2D eigenvalue weighted by molar-refractivity contribution is 14.0. The lowest BCUT2D eigenvalue weighted by Crippen LogP contribution is -2.49. The highest BCUT2D eigenvalue weighted by atomic mass is 127. The van der Waals surface area contributed by atoms with E-state index in [1.165, 1.54) is 12.7 Å². The molecule has 1 aromatic rings. The number of hydrogen-bond acceptors (Lipinski definition) is 5. The van der Waals surface area contributed by atoms with E-state index in [1.807, 2.05) is 6.07 Å². The summed E-state index contributed by atoms with van der Waals surface area (Å²) in [6.07, 6.45) is 1.58. The Kier molecular flexibility index (Phi) is 8.42. The average molecular weight is 517 g/mol. The Labute approximate surface area is 190 Å². The van der Waals surface area contributed by atoms with Crippen LogP contribution in [0.3, 0.4) is 0 Å². The van der Waals surface area contributed by atoms with Crippen molar-refractivity contribution in [2.75, 3.05) is 47.0 Å². The number of methoxy groups -OCH3 is 1. The molecule has 0 amide bonds. The van der Waals surface area contributed by atoms with Gasteiger partial charge in [0.15, 0.2) is 17.5 Å². The summed E-state index contributed by atoms with van der Waals surface area (Å²) >= 11 is 0.